The van der Waals surface area contributed by atoms with Crippen molar-refractivity contribution in [3.63, 3.8) is 0 Å². The molecule has 14 heavy (non-hydrogen) atoms. The standard InChI is InChI=1S/C11H26N2O/c1-11(5-10-14)13(4)8-6-12(2,3)7-9-13/h11,14H,5-10H2,1-4H3/q+2. The number of likely N-dealkylation sites (N-methyl/N-ethyl adjacent to an activating group) is 2. The normalized spacial score (nSPS) is 27.2. The predicted molar refractivity (Wildman–Crippen MR) is 58.9 cm³/mol. The SMILES string of the molecule is CC(CCO)[N+]1(C)CC[N+](C)(C)CC1. The molecule has 0 bridgehead atoms. The molecule has 3 nitrogen and oxygen atoms in total. The fourth-order valence-corrected chi connectivity index (χ4v) is 2.16. The summed E-state index contributed by atoms with van der Waals surface area (Å²) in [6.07, 6.45) is 0.934. The van der Waals surface area contributed by atoms with Crippen molar-refractivity contribution in [3.8, 4) is 0 Å². The van der Waals surface area contributed by atoms with E-state index in [1.54, 1.807) is 0 Å². The Labute approximate surface area is 88.1 Å². The zero-order valence-electron chi connectivity index (χ0n) is 10.2. The minimum absolute atomic E-state index is 0.327. The van der Waals surface area contributed by atoms with Gasteiger partial charge in [0.1, 0.15) is 26.2 Å². The molecule has 84 valence electrons. The summed E-state index contributed by atoms with van der Waals surface area (Å²) in [6, 6.07) is 0.597. The Balaban J connectivity index is 2.52. The van der Waals surface area contributed by atoms with Crippen LogP contribution in [0.25, 0.3) is 0 Å². The number of quaternary nitrogens is 2. The van der Waals surface area contributed by atoms with E-state index < -0.39 is 0 Å². The molecule has 0 saturated carbocycles. The summed E-state index contributed by atoms with van der Waals surface area (Å²) >= 11 is 0. The molecular formula is C11H26N2O+2. The summed E-state index contributed by atoms with van der Waals surface area (Å²) in [5.41, 5.74) is 0. The lowest BCUT2D eigenvalue weighted by Gasteiger charge is -2.47. The van der Waals surface area contributed by atoms with Crippen molar-refractivity contribution < 1.29 is 14.1 Å². The summed E-state index contributed by atoms with van der Waals surface area (Å²) < 4.78 is 2.29. The second kappa shape index (κ2) is 4.17. The molecule has 0 aliphatic carbocycles. The highest BCUT2D eigenvalue weighted by Gasteiger charge is 2.37. The first-order valence-electron chi connectivity index (χ1n) is 5.67. The van der Waals surface area contributed by atoms with Crippen LogP contribution in [0.2, 0.25) is 0 Å². The van der Waals surface area contributed by atoms with Gasteiger partial charge in [0.2, 0.25) is 0 Å². The summed E-state index contributed by atoms with van der Waals surface area (Å²) in [7, 11) is 6.94. The zero-order valence-corrected chi connectivity index (χ0v) is 10.2. The minimum Gasteiger partial charge on any atom is -0.396 e. The first-order chi connectivity index (χ1) is 6.40. The van der Waals surface area contributed by atoms with E-state index in [0.29, 0.717) is 12.6 Å². The lowest BCUT2D eigenvalue weighted by molar-refractivity contribution is -1.02. The van der Waals surface area contributed by atoms with Crippen LogP contribution in [0.5, 0.6) is 0 Å². The highest BCUT2D eigenvalue weighted by molar-refractivity contribution is 4.56. The van der Waals surface area contributed by atoms with E-state index in [2.05, 4.69) is 28.1 Å². The van der Waals surface area contributed by atoms with Gasteiger partial charge in [0.15, 0.2) is 0 Å². The van der Waals surface area contributed by atoms with Crippen LogP contribution in [0.3, 0.4) is 0 Å². The molecule has 0 spiro atoms. The van der Waals surface area contributed by atoms with Gasteiger partial charge in [0.05, 0.1) is 27.2 Å². The van der Waals surface area contributed by atoms with Crippen LogP contribution < -0.4 is 0 Å². The largest absolute Gasteiger partial charge is 0.396 e. The zero-order chi connectivity index (χ0) is 10.8. The van der Waals surface area contributed by atoms with Crippen molar-refractivity contribution in [1.29, 1.82) is 0 Å². The molecule has 1 rings (SSSR count). The quantitative estimate of drug-likeness (QED) is 0.652. The average Bonchev–Trinajstić information content (AvgIpc) is 2.11. The van der Waals surface area contributed by atoms with Gasteiger partial charge in [-0.3, -0.25) is 0 Å². The average molecular weight is 202 g/mol. The highest BCUT2D eigenvalue weighted by Crippen LogP contribution is 2.19. The first kappa shape index (κ1) is 12.0. The Morgan fingerprint density at radius 1 is 1.07 bits per heavy atom. The second-order valence-electron chi connectivity index (χ2n) is 5.67. The summed E-state index contributed by atoms with van der Waals surface area (Å²) in [5.74, 6) is 0. The van der Waals surface area contributed by atoms with Gasteiger partial charge in [-0.2, -0.15) is 0 Å². The maximum Gasteiger partial charge on any atom is 0.129 e. The molecule has 1 saturated heterocycles. The van der Waals surface area contributed by atoms with Gasteiger partial charge in [0, 0.05) is 13.0 Å². The monoisotopic (exact) mass is 202 g/mol. The summed E-state index contributed by atoms with van der Waals surface area (Å²) in [4.78, 5) is 0. The number of aliphatic hydroxyl groups excluding tert-OH is 1. The van der Waals surface area contributed by atoms with Crippen molar-refractivity contribution in [2.45, 2.75) is 19.4 Å². The van der Waals surface area contributed by atoms with Crippen LogP contribution >= 0.6 is 0 Å². The molecule has 0 aromatic heterocycles. The molecule has 1 atom stereocenters. The van der Waals surface area contributed by atoms with E-state index in [1.165, 1.54) is 26.2 Å². The number of nitrogens with zero attached hydrogens (tertiary/aromatic N) is 2. The first-order valence-corrected chi connectivity index (χ1v) is 5.67. The number of piperazine rings is 1. The molecule has 1 unspecified atom stereocenters. The third-order valence-electron chi connectivity index (χ3n) is 4.04. The summed E-state index contributed by atoms with van der Waals surface area (Å²) in [6.45, 7) is 7.59. The molecule has 1 aliphatic heterocycles. The summed E-state index contributed by atoms with van der Waals surface area (Å²) in [5, 5.41) is 8.97. The number of hydrogen-bond donors (Lipinski definition) is 1. The van der Waals surface area contributed by atoms with Crippen molar-refractivity contribution >= 4 is 0 Å². The van der Waals surface area contributed by atoms with Crippen molar-refractivity contribution in [2.24, 2.45) is 0 Å². The van der Waals surface area contributed by atoms with E-state index in [4.69, 9.17) is 5.11 Å². The number of hydrogen-bond acceptors (Lipinski definition) is 1. The fourth-order valence-electron chi connectivity index (χ4n) is 2.16. The predicted octanol–water partition coefficient (Wildman–Crippen LogP) is 0.294. The number of aliphatic hydroxyl groups is 1. The topological polar surface area (TPSA) is 20.2 Å². The van der Waals surface area contributed by atoms with Crippen LogP contribution in [0.15, 0.2) is 0 Å². The number of rotatable bonds is 3. The Morgan fingerprint density at radius 2 is 1.57 bits per heavy atom. The minimum atomic E-state index is 0.327. The van der Waals surface area contributed by atoms with Gasteiger partial charge < -0.3 is 14.1 Å². The molecule has 0 aromatic rings. The molecule has 1 N–H and O–H groups in total. The maximum absolute atomic E-state index is 8.97. The molecule has 3 heteroatoms. The Hall–Kier alpha value is -0.120. The molecular weight excluding hydrogens is 176 g/mol. The van der Waals surface area contributed by atoms with E-state index in [-0.39, 0.29) is 0 Å². The van der Waals surface area contributed by atoms with Crippen LogP contribution in [-0.4, -0.2) is 74.0 Å². The fraction of sp³-hybridized carbons (Fsp3) is 1.00. The second-order valence-corrected chi connectivity index (χ2v) is 5.67. The van der Waals surface area contributed by atoms with Gasteiger partial charge in [-0.15, -0.1) is 0 Å². The van der Waals surface area contributed by atoms with Crippen LogP contribution in [0.1, 0.15) is 13.3 Å². The maximum atomic E-state index is 8.97. The van der Waals surface area contributed by atoms with Crippen molar-refractivity contribution in [3.05, 3.63) is 0 Å². The van der Waals surface area contributed by atoms with Gasteiger partial charge in [-0.1, -0.05) is 0 Å². The van der Waals surface area contributed by atoms with Crippen LogP contribution in [-0.2, 0) is 0 Å². The van der Waals surface area contributed by atoms with E-state index in [1.807, 2.05) is 0 Å². The van der Waals surface area contributed by atoms with E-state index in [9.17, 15) is 0 Å². The molecule has 0 amide bonds. The van der Waals surface area contributed by atoms with Gasteiger partial charge in [-0.25, -0.2) is 0 Å². The van der Waals surface area contributed by atoms with Crippen LogP contribution in [0.4, 0.5) is 0 Å². The lowest BCUT2D eigenvalue weighted by atomic mass is 10.1. The van der Waals surface area contributed by atoms with Crippen LogP contribution in [0, 0.1) is 0 Å². The lowest BCUT2D eigenvalue weighted by Crippen LogP contribution is -2.65. The molecule has 0 radical (unpaired) electrons. The van der Waals surface area contributed by atoms with E-state index in [0.717, 1.165) is 15.4 Å². The smallest absolute Gasteiger partial charge is 0.129 e. The molecule has 1 heterocycles. The van der Waals surface area contributed by atoms with Crippen molar-refractivity contribution in [1.82, 2.24) is 0 Å². The third kappa shape index (κ3) is 2.69. The Morgan fingerprint density at radius 3 is 2.00 bits per heavy atom. The third-order valence-corrected chi connectivity index (χ3v) is 4.04. The molecule has 1 aliphatic rings. The highest BCUT2D eigenvalue weighted by atomic mass is 16.3. The Bertz CT molecular complexity index is 182. The molecule has 0 aromatic carbocycles. The Kier molecular flexibility index (Phi) is 3.56. The van der Waals surface area contributed by atoms with Gasteiger partial charge in [-0.05, 0) is 6.92 Å². The molecule has 1 fully saturated rings. The van der Waals surface area contributed by atoms with Gasteiger partial charge >= 0.3 is 0 Å². The van der Waals surface area contributed by atoms with Gasteiger partial charge in [0.25, 0.3) is 0 Å². The van der Waals surface area contributed by atoms with E-state index >= 15 is 0 Å². The van der Waals surface area contributed by atoms with Crippen molar-refractivity contribution in [2.75, 3.05) is 53.9 Å².